The van der Waals surface area contributed by atoms with Crippen LogP contribution in [0, 0.1) is 11.3 Å². The van der Waals surface area contributed by atoms with E-state index in [4.69, 9.17) is 4.52 Å². The third-order valence-electron chi connectivity index (χ3n) is 4.96. The molecule has 1 aromatic rings. The molecule has 0 amide bonds. The Hall–Kier alpha value is -0.900. The molecule has 1 N–H and O–H groups in total. The second-order valence-electron chi connectivity index (χ2n) is 7.13. The molecule has 0 aromatic carbocycles. The van der Waals surface area contributed by atoms with E-state index in [1.165, 1.54) is 32.1 Å². The lowest BCUT2D eigenvalue weighted by Crippen LogP contribution is -2.21. The van der Waals surface area contributed by atoms with E-state index in [-0.39, 0.29) is 6.04 Å². The van der Waals surface area contributed by atoms with Crippen molar-refractivity contribution in [1.82, 2.24) is 15.5 Å². The Balaban J connectivity index is 1.68. The normalized spacial score (nSPS) is 31.7. The first-order valence-corrected chi connectivity index (χ1v) is 7.62. The molecule has 1 saturated carbocycles. The third-order valence-corrected chi connectivity index (χ3v) is 4.96. The fraction of sp³-hybridized carbons (Fsp3) is 0.867. The molecule has 2 atom stereocenters. The molecule has 1 saturated heterocycles. The summed E-state index contributed by atoms with van der Waals surface area (Å²) in [5, 5.41) is 7.70. The minimum absolute atomic E-state index is 0.265. The van der Waals surface area contributed by atoms with Gasteiger partial charge in [0.15, 0.2) is 5.82 Å². The van der Waals surface area contributed by atoms with Crippen molar-refractivity contribution in [2.75, 3.05) is 6.54 Å². The molecule has 19 heavy (non-hydrogen) atoms. The molecule has 2 fully saturated rings. The van der Waals surface area contributed by atoms with Crippen LogP contribution >= 0.6 is 0 Å². The molecule has 106 valence electrons. The Morgan fingerprint density at radius 2 is 1.95 bits per heavy atom. The van der Waals surface area contributed by atoms with E-state index in [1.54, 1.807) is 0 Å². The average Bonchev–Trinajstić information content (AvgIpc) is 2.97. The number of hydrogen-bond acceptors (Lipinski definition) is 4. The summed E-state index contributed by atoms with van der Waals surface area (Å²) in [5.41, 5.74) is 0.491. The van der Waals surface area contributed by atoms with Crippen LogP contribution in [0.15, 0.2) is 4.52 Å². The second kappa shape index (κ2) is 4.89. The summed E-state index contributed by atoms with van der Waals surface area (Å²) in [6.45, 7) is 8.02. The predicted octanol–water partition coefficient (Wildman–Crippen LogP) is 3.42. The fourth-order valence-electron chi connectivity index (χ4n) is 3.36. The van der Waals surface area contributed by atoms with Gasteiger partial charge in [0.1, 0.15) is 0 Å². The molecule has 4 nitrogen and oxygen atoms in total. The molecule has 1 aromatic heterocycles. The molecule has 1 aliphatic carbocycles. The number of nitrogens with zero attached hydrogens (tertiary/aromatic N) is 2. The smallest absolute Gasteiger partial charge is 0.244 e. The Morgan fingerprint density at radius 1 is 1.21 bits per heavy atom. The van der Waals surface area contributed by atoms with Crippen LogP contribution in [-0.4, -0.2) is 16.7 Å². The van der Waals surface area contributed by atoms with Crippen LogP contribution in [0.2, 0.25) is 0 Å². The van der Waals surface area contributed by atoms with Gasteiger partial charge in [-0.25, -0.2) is 0 Å². The highest BCUT2D eigenvalue weighted by molar-refractivity contribution is 5.03. The van der Waals surface area contributed by atoms with Crippen LogP contribution < -0.4 is 5.32 Å². The Morgan fingerprint density at radius 3 is 2.58 bits per heavy atom. The van der Waals surface area contributed by atoms with Crippen molar-refractivity contribution in [2.45, 2.75) is 64.8 Å². The fourth-order valence-corrected chi connectivity index (χ4v) is 3.36. The van der Waals surface area contributed by atoms with Crippen molar-refractivity contribution < 1.29 is 4.52 Å². The van der Waals surface area contributed by atoms with Gasteiger partial charge in [-0.1, -0.05) is 25.9 Å². The van der Waals surface area contributed by atoms with Crippen LogP contribution in [0.4, 0.5) is 0 Å². The van der Waals surface area contributed by atoms with Crippen LogP contribution in [-0.2, 0) is 0 Å². The van der Waals surface area contributed by atoms with Gasteiger partial charge in [-0.3, -0.25) is 0 Å². The van der Waals surface area contributed by atoms with Gasteiger partial charge >= 0.3 is 0 Å². The molecule has 2 unspecified atom stereocenters. The van der Waals surface area contributed by atoms with E-state index in [9.17, 15) is 0 Å². The lowest BCUT2D eigenvalue weighted by Gasteiger charge is -2.32. The molecule has 2 aliphatic rings. The second-order valence-corrected chi connectivity index (χ2v) is 7.13. The summed E-state index contributed by atoms with van der Waals surface area (Å²) in [7, 11) is 0. The zero-order chi connectivity index (χ0) is 13.5. The van der Waals surface area contributed by atoms with Crippen molar-refractivity contribution in [3.05, 3.63) is 11.7 Å². The quantitative estimate of drug-likeness (QED) is 0.888. The lowest BCUT2D eigenvalue weighted by molar-refractivity contribution is 0.218. The number of rotatable bonds is 2. The van der Waals surface area contributed by atoms with E-state index >= 15 is 0 Å². The minimum atomic E-state index is 0.265. The van der Waals surface area contributed by atoms with Gasteiger partial charge in [-0.05, 0) is 50.0 Å². The van der Waals surface area contributed by atoms with E-state index in [0.717, 1.165) is 18.3 Å². The number of aromatic nitrogens is 2. The highest BCUT2D eigenvalue weighted by Crippen LogP contribution is 2.41. The van der Waals surface area contributed by atoms with Crippen molar-refractivity contribution in [3.8, 4) is 0 Å². The molecule has 0 spiro atoms. The molecule has 3 rings (SSSR count). The summed E-state index contributed by atoms with van der Waals surface area (Å²) < 4.78 is 5.50. The first kappa shape index (κ1) is 13.1. The van der Waals surface area contributed by atoms with Gasteiger partial charge < -0.3 is 9.84 Å². The Bertz CT molecular complexity index is 430. The average molecular weight is 263 g/mol. The highest BCUT2D eigenvalue weighted by atomic mass is 16.5. The van der Waals surface area contributed by atoms with Gasteiger partial charge in [0.05, 0.1) is 6.04 Å². The van der Waals surface area contributed by atoms with E-state index in [1.807, 2.05) is 0 Å². The zero-order valence-electron chi connectivity index (χ0n) is 12.3. The monoisotopic (exact) mass is 263 g/mol. The molecule has 0 radical (unpaired) electrons. The standard InChI is InChI=1S/C15H25N3O/c1-10-6-9-16-12(10)14-17-13(18-19-14)11-4-7-15(2,3)8-5-11/h10-12,16H,4-9H2,1-3H3. The van der Waals surface area contributed by atoms with E-state index in [0.29, 0.717) is 17.3 Å². The first-order valence-electron chi connectivity index (χ1n) is 7.62. The molecule has 1 aliphatic heterocycles. The van der Waals surface area contributed by atoms with Crippen molar-refractivity contribution in [1.29, 1.82) is 0 Å². The topological polar surface area (TPSA) is 51.0 Å². The molecular weight excluding hydrogens is 238 g/mol. The van der Waals surface area contributed by atoms with Crippen molar-refractivity contribution in [3.63, 3.8) is 0 Å². The van der Waals surface area contributed by atoms with Gasteiger partial charge in [-0.2, -0.15) is 4.98 Å². The molecule has 0 bridgehead atoms. The van der Waals surface area contributed by atoms with Crippen LogP contribution in [0.3, 0.4) is 0 Å². The minimum Gasteiger partial charge on any atom is -0.338 e. The van der Waals surface area contributed by atoms with Gasteiger partial charge in [-0.15, -0.1) is 0 Å². The largest absolute Gasteiger partial charge is 0.338 e. The summed E-state index contributed by atoms with van der Waals surface area (Å²) in [5.74, 6) is 2.83. The number of hydrogen-bond donors (Lipinski definition) is 1. The molecule has 4 heteroatoms. The summed E-state index contributed by atoms with van der Waals surface area (Å²) in [6.07, 6.45) is 6.11. The predicted molar refractivity (Wildman–Crippen MR) is 73.8 cm³/mol. The van der Waals surface area contributed by atoms with Crippen LogP contribution in [0.5, 0.6) is 0 Å². The van der Waals surface area contributed by atoms with Crippen molar-refractivity contribution >= 4 is 0 Å². The van der Waals surface area contributed by atoms with Crippen molar-refractivity contribution in [2.24, 2.45) is 11.3 Å². The first-order chi connectivity index (χ1) is 9.05. The van der Waals surface area contributed by atoms with Crippen LogP contribution in [0.1, 0.15) is 76.6 Å². The summed E-state index contributed by atoms with van der Waals surface area (Å²) in [6, 6.07) is 0.265. The maximum absolute atomic E-state index is 5.50. The van der Waals surface area contributed by atoms with Gasteiger partial charge in [0.25, 0.3) is 0 Å². The van der Waals surface area contributed by atoms with Gasteiger partial charge in [0.2, 0.25) is 5.89 Å². The van der Waals surface area contributed by atoms with Gasteiger partial charge in [0, 0.05) is 5.92 Å². The highest BCUT2D eigenvalue weighted by Gasteiger charge is 2.33. The summed E-state index contributed by atoms with van der Waals surface area (Å²) in [4.78, 5) is 4.67. The number of nitrogens with one attached hydrogen (secondary N) is 1. The lowest BCUT2D eigenvalue weighted by atomic mass is 9.73. The Labute approximate surface area is 115 Å². The maximum Gasteiger partial charge on any atom is 0.244 e. The third kappa shape index (κ3) is 2.69. The van der Waals surface area contributed by atoms with E-state index < -0.39 is 0 Å². The SMILES string of the molecule is CC1CCNC1c1nc(C2CCC(C)(C)CC2)no1. The molecule has 2 heterocycles. The molecular formula is C15H25N3O. The van der Waals surface area contributed by atoms with E-state index in [2.05, 4.69) is 36.2 Å². The summed E-state index contributed by atoms with van der Waals surface area (Å²) >= 11 is 0. The maximum atomic E-state index is 5.50. The zero-order valence-corrected chi connectivity index (χ0v) is 12.3. The Kier molecular flexibility index (Phi) is 3.37. The van der Waals surface area contributed by atoms with Crippen LogP contribution in [0.25, 0.3) is 0 Å².